The second-order valence-corrected chi connectivity index (χ2v) is 15.6. The lowest BCUT2D eigenvalue weighted by Crippen LogP contribution is -2.64. The van der Waals surface area contributed by atoms with Crippen LogP contribution in [0.15, 0.2) is 42.5 Å². The van der Waals surface area contributed by atoms with Gasteiger partial charge in [0, 0.05) is 45.5 Å². The van der Waals surface area contributed by atoms with Crippen LogP contribution in [0.1, 0.15) is 57.4 Å². The molecule has 0 bridgehead atoms. The van der Waals surface area contributed by atoms with Crippen LogP contribution in [-0.4, -0.2) is 128 Å². The van der Waals surface area contributed by atoms with Gasteiger partial charge >= 0.3 is 12.9 Å². The molecule has 2 aliphatic rings. The average molecular weight is 787 g/mol. The SMILES string of the molecule is [B][C@@H]1O[C@H](COC(=O)OCc2ccccc2)C(OP(O)(=S)OC)[C@@H]1C/C=C/CCCCNC(=O)CCCCO[C@@H]1O[C@H](CO)[C@H](O)[C@H](O)[C@H]1NC(C)=O. The molecule has 0 aromatic heterocycles. The Hall–Kier alpha value is -2.48. The van der Waals surface area contributed by atoms with Gasteiger partial charge in [-0.15, -0.1) is 0 Å². The summed E-state index contributed by atoms with van der Waals surface area (Å²) in [6.45, 7) is -2.39. The molecule has 296 valence electrons. The van der Waals surface area contributed by atoms with Crippen LogP contribution in [0.25, 0.3) is 0 Å². The molecule has 2 unspecified atom stereocenters. The Labute approximate surface area is 316 Å². The Kier molecular flexibility index (Phi) is 19.9. The minimum Gasteiger partial charge on any atom is -0.431 e. The maximum atomic E-state index is 12.3. The fourth-order valence-electron chi connectivity index (χ4n) is 5.77. The van der Waals surface area contributed by atoms with Gasteiger partial charge in [0.05, 0.1) is 6.61 Å². The number of amides is 2. The minimum atomic E-state index is -3.60. The van der Waals surface area contributed by atoms with Crippen LogP contribution < -0.4 is 10.6 Å². The van der Waals surface area contributed by atoms with Gasteiger partial charge in [-0.25, -0.2) is 4.79 Å². The first kappa shape index (κ1) is 44.9. The Bertz CT molecular complexity index is 1350. The molecule has 2 aliphatic heterocycles. The number of nitrogens with one attached hydrogen (secondary N) is 2. The molecule has 16 nitrogen and oxygen atoms in total. The fourth-order valence-corrected chi connectivity index (χ4v) is 6.75. The largest absolute Gasteiger partial charge is 0.508 e. The first-order valence-corrected chi connectivity index (χ1v) is 20.2. The molecule has 6 N–H and O–H groups in total. The molecular weight excluding hydrogens is 734 g/mol. The number of ether oxygens (including phenoxy) is 5. The van der Waals surface area contributed by atoms with Gasteiger partial charge in [0.1, 0.15) is 57.6 Å². The Morgan fingerprint density at radius 1 is 1.02 bits per heavy atom. The van der Waals surface area contributed by atoms with Crippen molar-refractivity contribution in [2.24, 2.45) is 5.92 Å². The molecule has 2 saturated heterocycles. The molecule has 53 heavy (non-hydrogen) atoms. The third-order valence-corrected chi connectivity index (χ3v) is 10.3. The van der Waals surface area contributed by atoms with E-state index in [1.54, 1.807) is 0 Å². The molecule has 1 aromatic rings. The van der Waals surface area contributed by atoms with E-state index in [2.05, 4.69) is 10.6 Å². The van der Waals surface area contributed by atoms with Crippen LogP contribution in [0, 0.1) is 5.92 Å². The summed E-state index contributed by atoms with van der Waals surface area (Å²) >= 11 is 5.06. The first-order valence-electron chi connectivity index (χ1n) is 17.6. The topological polar surface area (TPSA) is 221 Å². The van der Waals surface area contributed by atoms with E-state index in [1.165, 1.54) is 14.0 Å². The van der Waals surface area contributed by atoms with Crippen LogP contribution in [-0.2, 0) is 60.7 Å². The summed E-state index contributed by atoms with van der Waals surface area (Å²) in [5.41, 5.74) is 0.800. The minimum absolute atomic E-state index is 0.0396. The quantitative estimate of drug-likeness (QED) is 0.0322. The summed E-state index contributed by atoms with van der Waals surface area (Å²) in [7, 11) is 7.49. The molecule has 1 aromatic carbocycles. The van der Waals surface area contributed by atoms with Crippen molar-refractivity contribution in [1.82, 2.24) is 10.6 Å². The summed E-state index contributed by atoms with van der Waals surface area (Å²) < 4.78 is 38.1. The van der Waals surface area contributed by atoms with Gasteiger partial charge in [-0.1, -0.05) is 42.5 Å². The van der Waals surface area contributed by atoms with Gasteiger partial charge < -0.3 is 63.6 Å². The molecule has 2 fully saturated rings. The maximum absolute atomic E-state index is 12.3. The number of benzene rings is 1. The van der Waals surface area contributed by atoms with Crippen molar-refractivity contribution in [3.05, 3.63) is 48.0 Å². The number of carbonyl (C=O) groups is 3. The highest BCUT2D eigenvalue weighted by atomic mass is 32.5. The number of rotatable bonds is 22. The van der Waals surface area contributed by atoms with Crippen molar-refractivity contribution in [3.63, 3.8) is 0 Å². The van der Waals surface area contributed by atoms with Crippen molar-refractivity contribution in [2.45, 2.75) is 107 Å². The van der Waals surface area contributed by atoms with Crippen molar-refractivity contribution in [2.75, 3.05) is 33.5 Å². The van der Waals surface area contributed by atoms with E-state index in [0.29, 0.717) is 25.8 Å². The lowest BCUT2D eigenvalue weighted by molar-refractivity contribution is -0.270. The molecule has 10 atom stereocenters. The van der Waals surface area contributed by atoms with Crippen molar-refractivity contribution >= 4 is 44.3 Å². The standard InChI is InChI=1S/C34H52BN2O14PS/c1-22(39)37-28-30(42)29(41)25(19-38)50-33(28)46-18-12-10-16-27(40)36-17-11-5-3-4-9-15-24-31(51-52(44,53)45-2)26(49-32(24)35)21-48-34(43)47-20-23-13-7-6-8-14-23/h4,6-9,13-14,24-26,28-33,38,41-42H,3,5,10-12,15-21H2,1-2H3,(H,36,40)(H,37,39)(H,44,53)/b9-4+/t24-,25+,26+,28+,29-,30+,31?,32+,33+,52?/m0/s1. The Balaban J connectivity index is 1.31. The molecule has 0 aliphatic carbocycles. The van der Waals surface area contributed by atoms with Crippen molar-refractivity contribution in [3.8, 4) is 0 Å². The maximum Gasteiger partial charge on any atom is 0.508 e. The number of carbonyl (C=O) groups excluding carboxylic acids is 3. The molecule has 19 heteroatoms. The second-order valence-electron chi connectivity index (χ2n) is 12.7. The molecule has 0 saturated carbocycles. The number of allylic oxidation sites excluding steroid dienone is 2. The monoisotopic (exact) mass is 786 g/mol. The first-order chi connectivity index (χ1) is 25.3. The van der Waals surface area contributed by atoms with Crippen molar-refractivity contribution in [1.29, 1.82) is 0 Å². The number of hydrogen-bond acceptors (Lipinski definition) is 14. The van der Waals surface area contributed by atoms with E-state index in [4.69, 9.17) is 52.4 Å². The fraction of sp³-hybridized carbons (Fsp3) is 0.676. The van der Waals surface area contributed by atoms with Gasteiger partial charge in [0.25, 0.3) is 0 Å². The molecule has 3 rings (SSSR count). The predicted octanol–water partition coefficient (Wildman–Crippen LogP) is 1.46. The average Bonchev–Trinajstić information content (AvgIpc) is 3.42. The highest BCUT2D eigenvalue weighted by Crippen LogP contribution is 2.48. The van der Waals surface area contributed by atoms with E-state index < -0.39 is 80.2 Å². The third-order valence-electron chi connectivity index (χ3n) is 8.62. The van der Waals surface area contributed by atoms with E-state index in [-0.39, 0.29) is 32.1 Å². The summed E-state index contributed by atoms with van der Waals surface area (Å²) in [6.07, 6.45) is 0.543. The highest BCUT2D eigenvalue weighted by Gasteiger charge is 2.46. The number of aliphatic hydroxyl groups excluding tert-OH is 3. The van der Waals surface area contributed by atoms with Crippen LogP contribution >= 0.6 is 6.72 Å². The molecule has 2 radical (unpaired) electrons. The van der Waals surface area contributed by atoms with E-state index in [9.17, 15) is 34.6 Å². The smallest absolute Gasteiger partial charge is 0.431 e. The molecule has 0 spiro atoms. The summed E-state index contributed by atoms with van der Waals surface area (Å²) in [5.74, 6) is -0.958. The van der Waals surface area contributed by atoms with Gasteiger partial charge in [-0.2, -0.15) is 0 Å². The van der Waals surface area contributed by atoms with Crippen LogP contribution in [0.2, 0.25) is 0 Å². The third kappa shape index (κ3) is 15.7. The van der Waals surface area contributed by atoms with Crippen LogP contribution in [0.3, 0.4) is 0 Å². The lowest BCUT2D eigenvalue weighted by atomic mass is 9.82. The normalized spacial score (nSPS) is 28.3. The number of unbranched alkanes of at least 4 members (excludes halogenated alkanes) is 3. The highest BCUT2D eigenvalue weighted by molar-refractivity contribution is 8.07. The lowest BCUT2D eigenvalue weighted by Gasteiger charge is -2.42. The van der Waals surface area contributed by atoms with Gasteiger partial charge in [0.15, 0.2) is 6.29 Å². The number of hydrogen-bond donors (Lipinski definition) is 6. The number of aliphatic hydroxyl groups is 3. The molecular formula is C34H52BN2O14PS. The van der Waals surface area contributed by atoms with Gasteiger partial charge in [-0.05, 0) is 55.9 Å². The summed E-state index contributed by atoms with van der Waals surface area (Å²) in [5, 5.41) is 35.2. The van der Waals surface area contributed by atoms with Crippen molar-refractivity contribution < 1.29 is 67.3 Å². The zero-order chi connectivity index (χ0) is 38.8. The van der Waals surface area contributed by atoms with Crippen LogP contribution in [0.4, 0.5) is 4.79 Å². The van der Waals surface area contributed by atoms with E-state index >= 15 is 0 Å². The summed E-state index contributed by atoms with van der Waals surface area (Å²) in [4.78, 5) is 46.4. The Morgan fingerprint density at radius 3 is 2.47 bits per heavy atom. The molecule has 2 amide bonds. The van der Waals surface area contributed by atoms with Gasteiger partial charge in [0.2, 0.25) is 11.8 Å². The Morgan fingerprint density at radius 2 is 1.77 bits per heavy atom. The summed E-state index contributed by atoms with van der Waals surface area (Å²) in [6, 6.07) is 7.34. The van der Waals surface area contributed by atoms with Crippen LogP contribution in [0.5, 0.6) is 0 Å². The van der Waals surface area contributed by atoms with E-state index in [0.717, 1.165) is 24.8 Å². The molecule has 2 heterocycles. The second kappa shape index (κ2) is 23.4. The zero-order valence-corrected chi connectivity index (χ0v) is 31.7. The van der Waals surface area contributed by atoms with E-state index in [1.807, 2.05) is 42.5 Å². The zero-order valence-electron chi connectivity index (χ0n) is 30.0. The predicted molar refractivity (Wildman–Crippen MR) is 195 cm³/mol. The van der Waals surface area contributed by atoms with Gasteiger partial charge in [-0.3, -0.25) is 9.59 Å².